The smallest absolute Gasteiger partial charge is 0.243 e. The van der Waals surface area contributed by atoms with E-state index < -0.39 is 0 Å². The summed E-state index contributed by atoms with van der Waals surface area (Å²) in [6.45, 7) is 9.96. The summed E-state index contributed by atoms with van der Waals surface area (Å²) in [6.07, 6.45) is 1.97. The minimum atomic E-state index is -0.00375. The lowest BCUT2D eigenvalue weighted by Gasteiger charge is -2.26. The van der Waals surface area contributed by atoms with Crippen LogP contribution >= 0.6 is 35.3 Å². The molecule has 1 aliphatic heterocycles. The Kier molecular flexibility index (Phi) is 12.8. The lowest BCUT2D eigenvalue weighted by atomic mass is 10.2. The molecule has 0 spiro atoms. The molecular weight excluding hydrogens is 501 g/mol. The van der Waals surface area contributed by atoms with Crippen molar-refractivity contribution < 1.29 is 9.53 Å². The minimum Gasteiger partial charge on any atom is -0.379 e. The quantitative estimate of drug-likeness (QED) is 0.218. The van der Waals surface area contributed by atoms with Crippen LogP contribution in [0.2, 0.25) is 0 Å². The number of nitrogens with one attached hydrogen (secondary N) is 2. The number of ether oxygens (including phenoxy) is 1. The Labute approximate surface area is 196 Å². The number of nitrogens with zero attached hydrogens (tertiary/aromatic N) is 3. The van der Waals surface area contributed by atoms with E-state index in [4.69, 9.17) is 4.74 Å². The molecule has 1 aromatic rings. The van der Waals surface area contributed by atoms with E-state index >= 15 is 0 Å². The molecule has 2 rings (SSSR count). The number of carbonyl (C=O) groups is 1. The Balaban J connectivity index is 0.00000420. The van der Waals surface area contributed by atoms with Gasteiger partial charge in [0.15, 0.2) is 5.96 Å². The standard InChI is InChI=1S/C20H35N5O2S.HI/c1-16(14-18-7-6-17(2)28-18)23-20(22-15-19(26)24(3)4)21-8-5-9-25-10-12-27-13-11-25;/h6-7,16H,5,8-15H2,1-4H3,(H2,21,22,23);1H. The molecular formula is C20H36IN5O2S. The fourth-order valence-corrected chi connectivity index (χ4v) is 3.98. The summed E-state index contributed by atoms with van der Waals surface area (Å²) in [6, 6.07) is 4.57. The Morgan fingerprint density at radius 2 is 2.07 bits per heavy atom. The molecule has 0 aromatic carbocycles. The van der Waals surface area contributed by atoms with Crippen molar-refractivity contribution in [3.05, 3.63) is 21.9 Å². The molecule has 1 saturated heterocycles. The zero-order valence-electron chi connectivity index (χ0n) is 18.1. The number of aliphatic imine (C=N–C) groups is 1. The number of guanidine groups is 1. The average Bonchev–Trinajstić information content (AvgIpc) is 3.07. The van der Waals surface area contributed by atoms with Gasteiger partial charge in [-0.3, -0.25) is 9.69 Å². The number of aryl methyl sites for hydroxylation is 1. The van der Waals surface area contributed by atoms with Crippen LogP contribution in [0.1, 0.15) is 23.1 Å². The minimum absolute atomic E-state index is 0. The molecule has 166 valence electrons. The van der Waals surface area contributed by atoms with Gasteiger partial charge in [0.05, 0.1) is 13.2 Å². The number of halogens is 1. The highest BCUT2D eigenvalue weighted by Gasteiger charge is 2.11. The van der Waals surface area contributed by atoms with E-state index in [9.17, 15) is 4.79 Å². The Morgan fingerprint density at radius 1 is 1.34 bits per heavy atom. The molecule has 1 unspecified atom stereocenters. The first kappa shape index (κ1) is 26.1. The van der Waals surface area contributed by atoms with Crippen molar-refractivity contribution in [3.63, 3.8) is 0 Å². The van der Waals surface area contributed by atoms with E-state index in [0.717, 1.165) is 52.2 Å². The lowest BCUT2D eigenvalue weighted by molar-refractivity contribution is -0.127. The van der Waals surface area contributed by atoms with Gasteiger partial charge in [0.25, 0.3) is 0 Å². The van der Waals surface area contributed by atoms with E-state index in [1.165, 1.54) is 9.75 Å². The third kappa shape index (κ3) is 10.6. The van der Waals surface area contributed by atoms with Crippen molar-refractivity contribution in [2.75, 3.05) is 60.0 Å². The average molecular weight is 538 g/mol. The summed E-state index contributed by atoms with van der Waals surface area (Å²) in [5.41, 5.74) is 0. The summed E-state index contributed by atoms with van der Waals surface area (Å²) in [7, 11) is 3.50. The number of hydrogen-bond acceptors (Lipinski definition) is 5. The van der Waals surface area contributed by atoms with Crippen molar-refractivity contribution in [1.29, 1.82) is 0 Å². The highest BCUT2D eigenvalue weighted by molar-refractivity contribution is 14.0. The third-order valence-electron chi connectivity index (χ3n) is 4.61. The van der Waals surface area contributed by atoms with Gasteiger partial charge in [0, 0.05) is 55.9 Å². The van der Waals surface area contributed by atoms with Gasteiger partial charge in [-0.25, -0.2) is 4.99 Å². The molecule has 0 saturated carbocycles. The number of likely N-dealkylation sites (N-methyl/N-ethyl adjacent to an activating group) is 1. The van der Waals surface area contributed by atoms with Crippen molar-refractivity contribution in [1.82, 2.24) is 20.4 Å². The SMILES string of the molecule is Cc1ccc(CC(C)NC(=NCC(=O)N(C)C)NCCCN2CCOCC2)s1.I. The molecule has 1 aromatic heterocycles. The molecule has 2 heterocycles. The molecule has 0 aliphatic carbocycles. The fraction of sp³-hybridized carbons (Fsp3) is 0.700. The molecule has 1 aliphatic rings. The van der Waals surface area contributed by atoms with E-state index in [-0.39, 0.29) is 42.5 Å². The van der Waals surface area contributed by atoms with Crippen molar-refractivity contribution in [2.45, 2.75) is 32.7 Å². The second-order valence-electron chi connectivity index (χ2n) is 7.45. The molecule has 0 radical (unpaired) electrons. The number of carbonyl (C=O) groups excluding carboxylic acids is 1. The normalized spacial score (nSPS) is 16.1. The molecule has 29 heavy (non-hydrogen) atoms. The van der Waals surface area contributed by atoms with Gasteiger partial charge < -0.3 is 20.3 Å². The van der Waals surface area contributed by atoms with Crippen LogP contribution in [0.3, 0.4) is 0 Å². The van der Waals surface area contributed by atoms with Crippen LogP contribution in [-0.2, 0) is 16.0 Å². The first-order chi connectivity index (χ1) is 13.4. The van der Waals surface area contributed by atoms with E-state index in [1.807, 2.05) is 11.3 Å². The molecule has 2 N–H and O–H groups in total. The summed E-state index contributed by atoms with van der Waals surface area (Å²) >= 11 is 1.83. The van der Waals surface area contributed by atoms with Crippen LogP contribution in [0, 0.1) is 6.92 Å². The Hall–Kier alpha value is -0.910. The second kappa shape index (κ2) is 14.2. The number of morpholine rings is 1. The van der Waals surface area contributed by atoms with Crippen LogP contribution in [0.25, 0.3) is 0 Å². The highest BCUT2D eigenvalue weighted by Crippen LogP contribution is 2.16. The lowest BCUT2D eigenvalue weighted by Crippen LogP contribution is -2.45. The van der Waals surface area contributed by atoms with Gasteiger partial charge in [0.2, 0.25) is 5.91 Å². The summed E-state index contributed by atoms with van der Waals surface area (Å²) in [4.78, 5) is 23.1. The van der Waals surface area contributed by atoms with Crippen molar-refractivity contribution in [3.8, 4) is 0 Å². The Morgan fingerprint density at radius 3 is 2.69 bits per heavy atom. The zero-order chi connectivity index (χ0) is 20.4. The highest BCUT2D eigenvalue weighted by atomic mass is 127. The molecule has 0 bridgehead atoms. The first-order valence-electron chi connectivity index (χ1n) is 10.0. The Bertz CT molecular complexity index is 632. The number of thiophene rings is 1. The van der Waals surface area contributed by atoms with Gasteiger partial charge in [-0.05, 0) is 38.9 Å². The fourth-order valence-electron chi connectivity index (χ4n) is 2.96. The summed E-state index contributed by atoms with van der Waals surface area (Å²) in [5.74, 6) is 0.703. The van der Waals surface area contributed by atoms with Crippen molar-refractivity contribution >= 4 is 47.2 Å². The summed E-state index contributed by atoms with van der Waals surface area (Å²) < 4.78 is 5.39. The van der Waals surface area contributed by atoms with Crippen LogP contribution in [0.5, 0.6) is 0 Å². The largest absolute Gasteiger partial charge is 0.379 e. The van der Waals surface area contributed by atoms with Crippen molar-refractivity contribution in [2.24, 2.45) is 4.99 Å². The molecule has 1 fully saturated rings. The van der Waals surface area contributed by atoms with Gasteiger partial charge in [-0.15, -0.1) is 35.3 Å². The van der Waals surface area contributed by atoms with Crippen LogP contribution in [-0.4, -0.2) is 87.7 Å². The molecule has 7 nitrogen and oxygen atoms in total. The molecule has 1 amide bonds. The maximum Gasteiger partial charge on any atom is 0.243 e. The van der Waals surface area contributed by atoms with Crippen LogP contribution < -0.4 is 10.6 Å². The molecule has 1 atom stereocenters. The van der Waals surface area contributed by atoms with Gasteiger partial charge >= 0.3 is 0 Å². The second-order valence-corrected chi connectivity index (χ2v) is 8.82. The monoisotopic (exact) mass is 537 g/mol. The van der Waals surface area contributed by atoms with E-state index in [2.05, 4.69) is 46.5 Å². The maximum absolute atomic E-state index is 11.9. The number of amides is 1. The van der Waals surface area contributed by atoms with Gasteiger partial charge in [-0.2, -0.15) is 0 Å². The predicted octanol–water partition coefficient (Wildman–Crippen LogP) is 1.95. The number of rotatable bonds is 9. The van der Waals surface area contributed by atoms with Gasteiger partial charge in [0.1, 0.15) is 6.54 Å². The number of hydrogen-bond donors (Lipinski definition) is 2. The maximum atomic E-state index is 11.9. The van der Waals surface area contributed by atoms with E-state index in [0.29, 0.717) is 5.96 Å². The van der Waals surface area contributed by atoms with Crippen LogP contribution in [0.4, 0.5) is 0 Å². The van der Waals surface area contributed by atoms with E-state index in [1.54, 1.807) is 19.0 Å². The topological polar surface area (TPSA) is 69.2 Å². The molecule has 9 heteroatoms. The first-order valence-corrected chi connectivity index (χ1v) is 10.9. The zero-order valence-corrected chi connectivity index (χ0v) is 21.2. The van der Waals surface area contributed by atoms with Crippen LogP contribution in [0.15, 0.2) is 17.1 Å². The summed E-state index contributed by atoms with van der Waals surface area (Å²) in [5, 5.41) is 6.84. The van der Waals surface area contributed by atoms with Gasteiger partial charge in [-0.1, -0.05) is 0 Å². The predicted molar refractivity (Wildman–Crippen MR) is 132 cm³/mol. The third-order valence-corrected chi connectivity index (χ3v) is 5.63.